The number of aliphatic hydroxyl groups excluding tert-OH is 4. The third-order valence-electron chi connectivity index (χ3n) is 6.72. The highest BCUT2D eigenvalue weighted by atomic mass is 31.3. The van der Waals surface area contributed by atoms with E-state index >= 15 is 0 Å². The van der Waals surface area contributed by atoms with Gasteiger partial charge in [-0.3, -0.25) is 23.2 Å². The Balaban J connectivity index is 1.16. The zero-order valence-electron chi connectivity index (χ0n) is 22.1. The van der Waals surface area contributed by atoms with E-state index in [-0.39, 0.29) is 16.7 Å². The summed E-state index contributed by atoms with van der Waals surface area (Å²) in [6.07, 6.45) is -7.46. The van der Waals surface area contributed by atoms with Crippen molar-refractivity contribution in [3.63, 3.8) is 0 Å². The number of phosphoric ester groups is 2. The Labute approximate surface area is 245 Å². The molecule has 0 aliphatic carbocycles. The van der Waals surface area contributed by atoms with Gasteiger partial charge in [-0.05, 0) is 6.07 Å². The molecule has 5 rings (SSSR count). The molecule has 2 fully saturated rings. The highest BCUT2D eigenvalue weighted by Crippen LogP contribution is 2.58. The van der Waals surface area contributed by atoms with E-state index < -0.39 is 89.4 Å². The molecule has 10 atom stereocenters. The molecular formula is C21H26N6O15P2. The number of nitrogens with two attached hydrogens (primary N) is 1. The van der Waals surface area contributed by atoms with Crippen LogP contribution >= 0.6 is 15.6 Å². The van der Waals surface area contributed by atoms with E-state index in [2.05, 4.69) is 28.3 Å². The minimum atomic E-state index is -5.64. The fraction of sp³-hybridized carbons (Fsp3) is 0.476. The smallest absolute Gasteiger partial charge is 0.478 e. The van der Waals surface area contributed by atoms with Crippen LogP contribution in [0.2, 0.25) is 0 Å². The molecule has 8 N–H and O–H groups in total. The number of imidazole rings is 1. The summed E-state index contributed by atoms with van der Waals surface area (Å²) in [4.78, 5) is 55.7. The summed E-state index contributed by atoms with van der Waals surface area (Å²) >= 11 is 0. The number of carbonyl (C=O) groups is 1. The van der Waals surface area contributed by atoms with E-state index in [0.717, 1.165) is 17.2 Å². The maximum absolute atomic E-state index is 12.4. The molecule has 1 amide bonds. The van der Waals surface area contributed by atoms with Crippen LogP contribution in [-0.2, 0) is 32.0 Å². The molecule has 0 radical (unpaired) electrons. The van der Waals surface area contributed by atoms with Gasteiger partial charge in [-0.15, -0.1) is 0 Å². The molecule has 10 unspecified atom stereocenters. The van der Waals surface area contributed by atoms with Gasteiger partial charge in [0.2, 0.25) is 0 Å². The van der Waals surface area contributed by atoms with Crippen molar-refractivity contribution < 1.29 is 71.5 Å². The molecule has 0 saturated carbocycles. The second-order valence-electron chi connectivity index (χ2n) is 9.64. The zero-order valence-corrected chi connectivity index (χ0v) is 23.9. The Morgan fingerprint density at radius 3 is 2.50 bits per heavy atom. The number of hydrogen-bond acceptors (Lipinski definition) is 16. The summed E-state index contributed by atoms with van der Waals surface area (Å²) in [5, 5.41) is 41.5. The summed E-state index contributed by atoms with van der Waals surface area (Å²) < 4.78 is 51.3. The number of H-pyrrole nitrogens is 1. The quantitative estimate of drug-likeness (QED) is 0.0760. The average molecular weight is 664 g/mol. The first-order valence-electron chi connectivity index (χ1n) is 12.6. The van der Waals surface area contributed by atoms with Gasteiger partial charge in [0.1, 0.15) is 36.1 Å². The Morgan fingerprint density at radius 1 is 1.09 bits per heavy atom. The van der Waals surface area contributed by atoms with Crippen LogP contribution in [0.5, 0.6) is 0 Å². The molecule has 240 valence electrons. The van der Waals surface area contributed by atoms with Crippen molar-refractivity contribution in [2.45, 2.75) is 49.1 Å². The second kappa shape index (κ2) is 12.4. The first-order valence-corrected chi connectivity index (χ1v) is 15.5. The number of ether oxygens (including phenoxy) is 2. The Kier molecular flexibility index (Phi) is 9.13. The van der Waals surface area contributed by atoms with Crippen LogP contribution in [0.25, 0.3) is 11.2 Å². The summed E-state index contributed by atoms with van der Waals surface area (Å²) in [5.41, 5.74) is 4.61. The summed E-state index contributed by atoms with van der Waals surface area (Å²) in [7, 11) is -11.1. The number of aromatic nitrogens is 5. The van der Waals surface area contributed by atoms with E-state index in [1.165, 1.54) is 29.1 Å². The molecule has 21 nitrogen and oxygen atoms in total. The van der Waals surface area contributed by atoms with Crippen molar-refractivity contribution in [3.8, 4) is 0 Å². The van der Waals surface area contributed by atoms with E-state index in [0.29, 0.717) is 0 Å². The number of aliphatic hydroxyl groups is 4. The minimum Gasteiger partial charge on any atom is -0.756 e. The SMILES string of the molecule is NC(=O)c1ccc[n+](C2OC(COP(=O)(O)OP(=O)([O-])OCC3OC(n4cnc5c(=O)[nH]cnc54)C(O)C3O)C(O)C2O)c1. The second-order valence-corrected chi connectivity index (χ2v) is 12.6. The van der Waals surface area contributed by atoms with Crippen molar-refractivity contribution in [3.05, 3.63) is 53.1 Å². The van der Waals surface area contributed by atoms with Gasteiger partial charge in [0.15, 0.2) is 35.9 Å². The van der Waals surface area contributed by atoms with E-state index in [4.69, 9.17) is 15.2 Å². The van der Waals surface area contributed by atoms with E-state index in [1.807, 2.05) is 0 Å². The van der Waals surface area contributed by atoms with Gasteiger partial charge in [0.05, 0.1) is 25.9 Å². The number of hydrogen-bond donors (Lipinski definition) is 7. The molecule has 23 heteroatoms. The van der Waals surface area contributed by atoms with E-state index in [9.17, 15) is 48.9 Å². The summed E-state index contributed by atoms with van der Waals surface area (Å²) in [6, 6.07) is 2.81. The molecule has 44 heavy (non-hydrogen) atoms. The molecule has 2 aliphatic heterocycles. The van der Waals surface area contributed by atoms with Crippen molar-refractivity contribution in [2.24, 2.45) is 5.73 Å². The molecule has 0 bridgehead atoms. The average Bonchev–Trinajstić information content (AvgIpc) is 3.61. The van der Waals surface area contributed by atoms with Crippen LogP contribution in [0.15, 0.2) is 42.0 Å². The Hall–Kier alpha value is -3.01. The molecule has 0 spiro atoms. The van der Waals surface area contributed by atoms with Crippen molar-refractivity contribution in [1.82, 2.24) is 19.5 Å². The third-order valence-corrected chi connectivity index (χ3v) is 9.28. The lowest BCUT2D eigenvalue weighted by Crippen LogP contribution is -2.46. The predicted octanol–water partition coefficient (Wildman–Crippen LogP) is -3.94. The van der Waals surface area contributed by atoms with Crippen LogP contribution in [0.3, 0.4) is 0 Å². The van der Waals surface area contributed by atoms with Crippen LogP contribution in [-0.4, -0.2) is 101 Å². The van der Waals surface area contributed by atoms with Gasteiger partial charge in [0, 0.05) is 6.07 Å². The van der Waals surface area contributed by atoms with Gasteiger partial charge < -0.3 is 54.9 Å². The summed E-state index contributed by atoms with van der Waals surface area (Å²) in [5.74, 6) is -0.776. The van der Waals surface area contributed by atoms with Gasteiger partial charge in [-0.1, -0.05) is 0 Å². The van der Waals surface area contributed by atoms with Crippen LogP contribution < -0.4 is 20.8 Å². The van der Waals surface area contributed by atoms with Crippen LogP contribution in [0.4, 0.5) is 0 Å². The lowest BCUT2D eigenvalue weighted by molar-refractivity contribution is -0.765. The number of phosphoric acid groups is 2. The number of fused-ring (bicyclic) bond motifs is 1. The van der Waals surface area contributed by atoms with Crippen molar-refractivity contribution in [1.29, 1.82) is 0 Å². The van der Waals surface area contributed by atoms with Gasteiger partial charge in [0.25, 0.3) is 25.5 Å². The van der Waals surface area contributed by atoms with Crippen molar-refractivity contribution >= 4 is 32.7 Å². The number of carbonyl (C=O) groups excluding carboxylic acids is 1. The van der Waals surface area contributed by atoms with E-state index in [1.54, 1.807) is 0 Å². The molecule has 5 heterocycles. The van der Waals surface area contributed by atoms with Gasteiger partial charge in [-0.25, -0.2) is 18.8 Å². The first kappa shape index (κ1) is 32.4. The summed E-state index contributed by atoms with van der Waals surface area (Å²) in [6.45, 7) is -1.93. The van der Waals surface area contributed by atoms with Gasteiger partial charge >= 0.3 is 7.82 Å². The number of nitrogens with zero attached hydrogens (tertiary/aromatic N) is 4. The highest BCUT2D eigenvalue weighted by Gasteiger charge is 2.49. The maximum Gasteiger partial charge on any atom is 0.478 e. The fourth-order valence-corrected chi connectivity index (χ4v) is 6.61. The number of rotatable bonds is 11. The molecular weight excluding hydrogens is 638 g/mol. The molecule has 2 saturated heterocycles. The molecule has 3 aromatic rings. The van der Waals surface area contributed by atoms with Gasteiger partial charge in [-0.2, -0.15) is 4.57 Å². The maximum atomic E-state index is 12.4. The topological polar surface area (TPSA) is 315 Å². The molecule has 2 aliphatic rings. The van der Waals surface area contributed by atoms with Crippen molar-refractivity contribution in [2.75, 3.05) is 13.2 Å². The number of amides is 1. The monoisotopic (exact) mass is 664 g/mol. The Morgan fingerprint density at radius 2 is 1.77 bits per heavy atom. The number of nitrogens with one attached hydrogen (secondary N) is 1. The number of pyridine rings is 1. The van der Waals surface area contributed by atoms with Crippen LogP contribution in [0.1, 0.15) is 22.8 Å². The molecule has 0 aromatic carbocycles. The zero-order chi connectivity index (χ0) is 32.0. The predicted molar refractivity (Wildman–Crippen MR) is 136 cm³/mol. The number of primary amides is 1. The minimum absolute atomic E-state index is 0.00394. The lowest BCUT2D eigenvalue weighted by Gasteiger charge is -2.26. The number of aromatic amines is 1. The third kappa shape index (κ3) is 6.65. The molecule has 3 aromatic heterocycles. The highest BCUT2D eigenvalue weighted by molar-refractivity contribution is 7.60. The first-order chi connectivity index (χ1) is 20.7. The standard InChI is InChI=1S/C21H26N6O15P2/c22-17(32)9-2-1-3-26(4-9)20-15(30)13(28)10(40-20)5-38-43(34,35)42-44(36,37)39-6-11-14(29)16(31)21(41-11)27-8-25-12-18(27)23-7-24-19(12)33/h1-4,7-8,10-11,13-16,20-21,28-31H,5-6H2,(H4-,22,23,24,32,33,34,35,36,37). The Bertz CT molecular complexity index is 1690. The lowest BCUT2D eigenvalue weighted by atomic mass is 10.1. The largest absolute Gasteiger partial charge is 0.756 e. The normalized spacial score (nSPS) is 31.6. The van der Waals surface area contributed by atoms with Crippen LogP contribution in [0, 0.1) is 0 Å². The fourth-order valence-electron chi connectivity index (χ4n) is 4.56.